The summed E-state index contributed by atoms with van der Waals surface area (Å²) in [6, 6.07) is 5.91. The minimum Gasteiger partial charge on any atom is -0.495 e. The zero-order valence-electron chi connectivity index (χ0n) is 12.2. The average molecular weight is 324 g/mol. The maximum absolute atomic E-state index is 6.14. The largest absolute Gasteiger partial charge is 0.495 e. The summed E-state index contributed by atoms with van der Waals surface area (Å²) in [6.45, 7) is 0. The van der Waals surface area contributed by atoms with Gasteiger partial charge in [0.15, 0.2) is 0 Å². The Morgan fingerprint density at radius 1 is 1.33 bits per heavy atom. The minimum absolute atomic E-state index is 0.640. The summed E-state index contributed by atoms with van der Waals surface area (Å²) in [6.07, 6.45) is 2.51. The normalized spacial score (nSPS) is 14.4. The molecule has 0 amide bonds. The van der Waals surface area contributed by atoms with E-state index in [1.165, 1.54) is 18.4 Å². The van der Waals surface area contributed by atoms with Crippen LogP contribution in [0.4, 0.5) is 0 Å². The molecule has 3 rings (SSSR count). The van der Waals surface area contributed by atoms with Crippen molar-refractivity contribution in [1.82, 2.24) is 14.8 Å². The molecular formula is C15H18ClN3OS. The van der Waals surface area contributed by atoms with E-state index in [4.69, 9.17) is 16.3 Å². The highest BCUT2D eigenvalue weighted by atomic mass is 35.5. The molecule has 0 spiro atoms. The van der Waals surface area contributed by atoms with Crippen LogP contribution in [0, 0.1) is 0 Å². The first-order valence-electron chi connectivity index (χ1n) is 6.97. The summed E-state index contributed by atoms with van der Waals surface area (Å²) < 4.78 is 7.30. The fourth-order valence-corrected chi connectivity index (χ4v) is 3.49. The molecule has 112 valence electrons. The van der Waals surface area contributed by atoms with Gasteiger partial charge in [-0.05, 0) is 30.5 Å². The standard InChI is InChI=1S/C15H18ClN3OS/c1-19-14(17-18-15(19)11-4-5-11)9-21-8-10-3-6-13(20-2)12(16)7-10/h3,6-7,11H,4-5,8-9H2,1-2H3. The summed E-state index contributed by atoms with van der Waals surface area (Å²) >= 11 is 7.95. The van der Waals surface area contributed by atoms with Crippen LogP contribution < -0.4 is 4.74 Å². The van der Waals surface area contributed by atoms with Crippen LogP contribution in [0.15, 0.2) is 18.2 Å². The Morgan fingerprint density at radius 3 is 2.81 bits per heavy atom. The molecule has 1 fully saturated rings. The zero-order valence-corrected chi connectivity index (χ0v) is 13.7. The Bertz CT molecular complexity index is 640. The lowest BCUT2D eigenvalue weighted by atomic mass is 10.2. The average Bonchev–Trinajstić information content (AvgIpc) is 3.25. The van der Waals surface area contributed by atoms with E-state index in [9.17, 15) is 0 Å². The van der Waals surface area contributed by atoms with Gasteiger partial charge >= 0.3 is 0 Å². The van der Waals surface area contributed by atoms with Crippen LogP contribution in [0.5, 0.6) is 5.75 Å². The third-order valence-corrected chi connectivity index (χ3v) is 4.95. The first-order chi connectivity index (χ1) is 10.2. The quantitative estimate of drug-likeness (QED) is 0.811. The van der Waals surface area contributed by atoms with Crippen molar-refractivity contribution in [2.75, 3.05) is 7.11 Å². The van der Waals surface area contributed by atoms with E-state index in [2.05, 4.69) is 21.8 Å². The number of hydrogen-bond donors (Lipinski definition) is 0. The van der Waals surface area contributed by atoms with Gasteiger partial charge in [-0.15, -0.1) is 22.0 Å². The molecule has 0 aliphatic heterocycles. The predicted octanol–water partition coefficient (Wildman–Crippen LogP) is 3.79. The molecule has 1 saturated carbocycles. The van der Waals surface area contributed by atoms with Crippen molar-refractivity contribution < 1.29 is 4.74 Å². The molecular weight excluding hydrogens is 306 g/mol. The first-order valence-corrected chi connectivity index (χ1v) is 8.50. The van der Waals surface area contributed by atoms with Crippen molar-refractivity contribution >= 4 is 23.4 Å². The molecule has 4 nitrogen and oxygen atoms in total. The van der Waals surface area contributed by atoms with E-state index < -0.39 is 0 Å². The number of halogens is 1. The van der Waals surface area contributed by atoms with Gasteiger partial charge < -0.3 is 9.30 Å². The third-order valence-electron chi connectivity index (χ3n) is 3.66. The summed E-state index contributed by atoms with van der Waals surface area (Å²) in [4.78, 5) is 0. The second-order valence-electron chi connectivity index (χ2n) is 5.27. The fourth-order valence-electron chi connectivity index (χ4n) is 2.26. The molecule has 2 aromatic rings. The van der Waals surface area contributed by atoms with Gasteiger partial charge in [-0.3, -0.25) is 0 Å². The second-order valence-corrected chi connectivity index (χ2v) is 6.66. The van der Waals surface area contributed by atoms with Crippen molar-refractivity contribution in [3.8, 4) is 5.75 Å². The van der Waals surface area contributed by atoms with Gasteiger partial charge in [-0.2, -0.15) is 0 Å². The Balaban J connectivity index is 1.57. The van der Waals surface area contributed by atoms with Gasteiger partial charge in [0.1, 0.15) is 17.4 Å². The highest BCUT2D eigenvalue weighted by Crippen LogP contribution is 2.39. The lowest BCUT2D eigenvalue weighted by molar-refractivity contribution is 0.415. The third kappa shape index (κ3) is 3.35. The Kier molecular flexibility index (Phi) is 4.40. The number of benzene rings is 1. The fraction of sp³-hybridized carbons (Fsp3) is 0.467. The Labute approximate surface area is 133 Å². The van der Waals surface area contributed by atoms with Crippen LogP contribution in [-0.4, -0.2) is 21.9 Å². The molecule has 1 aliphatic rings. The highest BCUT2D eigenvalue weighted by molar-refractivity contribution is 7.97. The minimum atomic E-state index is 0.640. The first kappa shape index (κ1) is 14.7. The molecule has 1 aromatic carbocycles. The van der Waals surface area contributed by atoms with Gasteiger partial charge in [0, 0.05) is 18.7 Å². The molecule has 0 N–H and O–H groups in total. The molecule has 0 unspecified atom stereocenters. The summed E-state index contributed by atoms with van der Waals surface area (Å²) in [5, 5.41) is 9.26. The van der Waals surface area contributed by atoms with Gasteiger partial charge in [-0.25, -0.2) is 0 Å². The van der Waals surface area contributed by atoms with Crippen molar-refractivity contribution in [1.29, 1.82) is 0 Å². The second kappa shape index (κ2) is 6.28. The molecule has 6 heteroatoms. The van der Waals surface area contributed by atoms with E-state index in [1.54, 1.807) is 7.11 Å². The van der Waals surface area contributed by atoms with Crippen LogP contribution in [0.2, 0.25) is 5.02 Å². The Morgan fingerprint density at radius 2 is 2.14 bits per heavy atom. The lowest BCUT2D eigenvalue weighted by Gasteiger charge is -2.06. The van der Waals surface area contributed by atoms with E-state index in [-0.39, 0.29) is 0 Å². The number of aromatic nitrogens is 3. The smallest absolute Gasteiger partial charge is 0.142 e. The van der Waals surface area contributed by atoms with Crippen molar-refractivity contribution in [3.63, 3.8) is 0 Å². The number of hydrogen-bond acceptors (Lipinski definition) is 4. The highest BCUT2D eigenvalue weighted by Gasteiger charge is 2.29. The molecule has 21 heavy (non-hydrogen) atoms. The molecule has 0 atom stereocenters. The van der Waals surface area contributed by atoms with Crippen LogP contribution in [0.1, 0.15) is 36.0 Å². The van der Waals surface area contributed by atoms with Gasteiger partial charge in [-0.1, -0.05) is 17.7 Å². The topological polar surface area (TPSA) is 39.9 Å². The number of nitrogens with zero attached hydrogens (tertiary/aromatic N) is 3. The Hall–Kier alpha value is -1.20. The molecule has 0 radical (unpaired) electrons. The summed E-state index contributed by atoms with van der Waals surface area (Å²) in [5.74, 6) is 5.30. The summed E-state index contributed by atoms with van der Waals surface area (Å²) in [7, 11) is 3.69. The van der Waals surface area contributed by atoms with Gasteiger partial charge in [0.05, 0.1) is 17.9 Å². The predicted molar refractivity (Wildman–Crippen MR) is 86.0 cm³/mol. The molecule has 1 heterocycles. The van der Waals surface area contributed by atoms with E-state index in [1.807, 2.05) is 30.0 Å². The van der Waals surface area contributed by atoms with Crippen molar-refractivity contribution in [3.05, 3.63) is 40.4 Å². The van der Waals surface area contributed by atoms with E-state index in [0.29, 0.717) is 16.7 Å². The van der Waals surface area contributed by atoms with Crippen LogP contribution in [0.25, 0.3) is 0 Å². The van der Waals surface area contributed by atoms with Crippen LogP contribution in [0.3, 0.4) is 0 Å². The molecule has 1 aliphatic carbocycles. The van der Waals surface area contributed by atoms with Gasteiger partial charge in [0.25, 0.3) is 0 Å². The molecule has 0 saturated heterocycles. The van der Waals surface area contributed by atoms with Crippen molar-refractivity contribution in [2.45, 2.75) is 30.3 Å². The monoisotopic (exact) mass is 323 g/mol. The maximum Gasteiger partial charge on any atom is 0.142 e. The molecule has 0 bridgehead atoms. The van der Waals surface area contributed by atoms with Crippen LogP contribution in [-0.2, 0) is 18.6 Å². The summed E-state index contributed by atoms with van der Waals surface area (Å²) in [5.41, 5.74) is 1.19. The number of thioether (sulfide) groups is 1. The van der Waals surface area contributed by atoms with E-state index >= 15 is 0 Å². The number of ether oxygens (including phenoxy) is 1. The SMILES string of the molecule is COc1ccc(CSCc2nnc(C3CC3)n2C)cc1Cl. The zero-order chi connectivity index (χ0) is 14.8. The number of rotatable bonds is 6. The van der Waals surface area contributed by atoms with Crippen LogP contribution >= 0.6 is 23.4 Å². The van der Waals surface area contributed by atoms with Gasteiger partial charge in [0.2, 0.25) is 0 Å². The molecule has 1 aromatic heterocycles. The van der Waals surface area contributed by atoms with E-state index in [0.717, 1.165) is 23.2 Å². The van der Waals surface area contributed by atoms with Crippen molar-refractivity contribution in [2.24, 2.45) is 7.05 Å². The number of methoxy groups -OCH3 is 1. The maximum atomic E-state index is 6.14. The lowest BCUT2D eigenvalue weighted by Crippen LogP contribution is -2.00.